The van der Waals surface area contributed by atoms with Crippen LogP contribution in [0.5, 0.6) is 5.75 Å². The molecule has 3 N–H and O–H groups in total. The number of amides is 1. The van der Waals surface area contributed by atoms with E-state index >= 15 is 0 Å². The smallest absolute Gasteiger partial charge is 0.234 e. The molecule has 0 saturated heterocycles. The Morgan fingerprint density at radius 2 is 1.95 bits per heavy atom. The van der Waals surface area contributed by atoms with Gasteiger partial charge in [0.25, 0.3) is 0 Å². The predicted octanol–water partition coefficient (Wildman–Crippen LogP) is 2.35. The lowest BCUT2D eigenvalue weighted by molar-refractivity contribution is -0.121. The molecule has 0 aliphatic carbocycles. The number of benzene rings is 1. The van der Waals surface area contributed by atoms with Crippen LogP contribution in [0.25, 0.3) is 0 Å². The van der Waals surface area contributed by atoms with Crippen LogP contribution in [0.15, 0.2) is 24.3 Å². The minimum Gasteiger partial charge on any atom is -0.508 e. The maximum absolute atomic E-state index is 11.8. The standard InChI is InChI=1S/C15H24N2O2/c1-5-12(11-8-6-7-9-13(11)18)16-10-14(19)17-15(2,3)4/h6-9,12,16,18H,5,10H2,1-4H3,(H,17,19). The SMILES string of the molecule is CCC(NCC(=O)NC(C)(C)C)c1ccccc1O. The number of carbonyl (C=O) groups excluding carboxylic acids is 1. The van der Waals surface area contributed by atoms with Crippen molar-refractivity contribution in [1.82, 2.24) is 10.6 Å². The Bertz CT molecular complexity index is 424. The monoisotopic (exact) mass is 264 g/mol. The zero-order valence-corrected chi connectivity index (χ0v) is 12.2. The van der Waals surface area contributed by atoms with Gasteiger partial charge in [0.2, 0.25) is 5.91 Å². The number of hydrogen-bond acceptors (Lipinski definition) is 3. The highest BCUT2D eigenvalue weighted by molar-refractivity contribution is 5.78. The summed E-state index contributed by atoms with van der Waals surface area (Å²) < 4.78 is 0. The van der Waals surface area contributed by atoms with E-state index in [0.29, 0.717) is 0 Å². The van der Waals surface area contributed by atoms with Crippen LogP contribution in [0.1, 0.15) is 45.7 Å². The van der Waals surface area contributed by atoms with E-state index in [0.717, 1.165) is 12.0 Å². The van der Waals surface area contributed by atoms with Gasteiger partial charge in [0.05, 0.1) is 6.54 Å². The molecule has 0 aromatic heterocycles. The third-order valence-corrected chi connectivity index (χ3v) is 2.74. The summed E-state index contributed by atoms with van der Waals surface area (Å²) in [6.45, 7) is 8.11. The minimum atomic E-state index is -0.227. The Kier molecular flexibility index (Phi) is 5.36. The number of nitrogens with one attached hydrogen (secondary N) is 2. The largest absolute Gasteiger partial charge is 0.508 e. The van der Waals surface area contributed by atoms with Crippen LogP contribution in [-0.4, -0.2) is 23.1 Å². The van der Waals surface area contributed by atoms with Gasteiger partial charge in [0, 0.05) is 17.1 Å². The van der Waals surface area contributed by atoms with Gasteiger partial charge in [0.1, 0.15) is 5.75 Å². The van der Waals surface area contributed by atoms with Crippen LogP contribution in [0, 0.1) is 0 Å². The first kappa shape index (κ1) is 15.5. The minimum absolute atomic E-state index is 0.0214. The van der Waals surface area contributed by atoms with E-state index < -0.39 is 0 Å². The van der Waals surface area contributed by atoms with Crippen molar-refractivity contribution in [3.8, 4) is 5.75 Å². The van der Waals surface area contributed by atoms with Gasteiger partial charge >= 0.3 is 0 Å². The van der Waals surface area contributed by atoms with Crippen molar-refractivity contribution in [3.63, 3.8) is 0 Å². The summed E-state index contributed by atoms with van der Waals surface area (Å²) in [5.74, 6) is 0.222. The molecule has 19 heavy (non-hydrogen) atoms. The van der Waals surface area contributed by atoms with E-state index in [1.807, 2.05) is 39.8 Å². The Labute approximate surface area is 115 Å². The third-order valence-electron chi connectivity index (χ3n) is 2.74. The molecule has 1 unspecified atom stereocenters. The van der Waals surface area contributed by atoms with Crippen LogP contribution in [-0.2, 0) is 4.79 Å². The first-order chi connectivity index (χ1) is 8.83. The van der Waals surface area contributed by atoms with Crippen LogP contribution in [0.3, 0.4) is 0 Å². The second-order valence-electron chi connectivity index (χ2n) is 5.70. The number of carbonyl (C=O) groups is 1. The van der Waals surface area contributed by atoms with Gasteiger partial charge < -0.3 is 15.7 Å². The summed E-state index contributed by atoms with van der Waals surface area (Å²) in [6.07, 6.45) is 0.806. The molecule has 1 amide bonds. The molecular formula is C15H24N2O2. The summed E-state index contributed by atoms with van der Waals surface area (Å²) in [7, 11) is 0. The second kappa shape index (κ2) is 6.57. The first-order valence-corrected chi connectivity index (χ1v) is 6.65. The molecule has 1 aromatic rings. The van der Waals surface area contributed by atoms with Crippen molar-refractivity contribution in [1.29, 1.82) is 0 Å². The molecule has 0 aliphatic heterocycles. The molecule has 106 valence electrons. The van der Waals surface area contributed by atoms with Crippen molar-refractivity contribution in [2.24, 2.45) is 0 Å². The van der Waals surface area contributed by atoms with Gasteiger partial charge in [-0.3, -0.25) is 4.79 Å². The molecule has 1 rings (SSSR count). The van der Waals surface area contributed by atoms with Gasteiger partial charge in [-0.15, -0.1) is 0 Å². The van der Waals surface area contributed by atoms with Gasteiger partial charge in [-0.25, -0.2) is 0 Å². The molecule has 1 atom stereocenters. The lowest BCUT2D eigenvalue weighted by Crippen LogP contribution is -2.45. The van der Waals surface area contributed by atoms with Gasteiger partial charge in [-0.05, 0) is 33.3 Å². The highest BCUT2D eigenvalue weighted by Crippen LogP contribution is 2.25. The fraction of sp³-hybridized carbons (Fsp3) is 0.533. The Balaban J connectivity index is 2.59. The Morgan fingerprint density at radius 1 is 1.32 bits per heavy atom. The summed E-state index contributed by atoms with van der Waals surface area (Å²) >= 11 is 0. The molecule has 1 aromatic carbocycles. The van der Waals surface area contributed by atoms with Crippen LogP contribution >= 0.6 is 0 Å². The zero-order chi connectivity index (χ0) is 14.5. The van der Waals surface area contributed by atoms with Crippen molar-refractivity contribution in [3.05, 3.63) is 29.8 Å². The first-order valence-electron chi connectivity index (χ1n) is 6.65. The van der Waals surface area contributed by atoms with E-state index in [9.17, 15) is 9.90 Å². The summed E-state index contributed by atoms with van der Waals surface area (Å²) in [6, 6.07) is 7.19. The molecule has 0 saturated carbocycles. The van der Waals surface area contributed by atoms with Crippen LogP contribution in [0.2, 0.25) is 0 Å². The van der Waals surface area contributed by atoms with E-state index in [2.05, 4.69) is 10.6 Å². The maximum Gasteiger partial charge on any atom is 0.234 e. The Morgan fingerprint density at radius 3 is 2.47 bits per heavy atom. The lowest BCUT2D eigenvalue weighted by atomic mass is 10.0. The van der Waals surface area contributed by atoms with E-state index in [4.69, 9.17) is 0 Å². The molecule has 0 spiro atoms. The highest BCUT2D eigenvalue weighted by Gasteiger charge is 2.16. The summed E-state index contributed by atoms with van der Waals surface area (Å²) in [5.41, 5.74) is 0.601. The maximum atomic E-state index is 11.8. The fourth-order valence-corrected chi connectivity index (χ4v) is 1.93. The molecule has 4 nitrogen and oxygen atoms in total. The van der Waals surface area contributed by atoms with Crippen molar-refractivity contribution in [2.45, 2.75) is 45.7 Å². The number of phenolic OH excluding ortho intramolecular Hbond substituents is 1. The quantitative estimate of drug-likeness (QED) is 0.765. The van der Waals surface area contributed by atoms with E-state index in [1.54, 1.807) is 12.1 Å². The molecule has 0 bridgehead atoms. The average molecular weight is 264 g/mol. The number of rotatable bonds is 5. The molecule has 0 fully saturated rings. The molecule has 0 aliphatic rings. The summed E-state index contributed by atoms with van der Waals surface area (Å²) in [4.78, 5) is 11.8. The fourth-order valence-electron chi connectivity index (χ4n) is 1.93. The number of hydrogen-bond donors (Lipinski definition) is 3. The molecule has 4 heteroatoms. The topological polar surface area (TPSA) is 61.4 Å². The van der Waals surface area contributed by atoms with Crippen molar-refractivity contribution >= 4 is 5.91 Å². The number of phenols is 1. The molecule has 0 radical (unpaired) electrons. The van der Waals surface area contributed by atoms with Crippen LogP contribution in [0.4, 0.5) is 0 Å². The zero-order valence-electron chi connectivity index (χ0n) is 12.2. The third kappa shape index (κ3) is 5.30. The van der Waals surface area contributed by atoms with Gasteiger partial charge in [0.15, 0.2) is 0 Å². The van der Waals surface area contributed by atoms with Crippen LogP contribution < -0.4 is 10.6 Å². The average Bonchev–Trinajstić information content (AvgIpc) is 2.29. The van der Waals surface area contributed by atoms with Gasteiger partial charge in [-0.2, -0.15) is 0 Å². The second-order valence-corrected chi connectivity index (χ2v) is 5.70. The van der Waals surface area contributed by atoms with E-state index in [-0.39, 0.29) is 29.8 Å². The van der Waals surface area contributed by atoms with E-state index in [1.165, 1.54) is 0 Å². The Hall–Kier alpha value is -1.55. The lowest BCUT2D eigenvalue weighted by Gasteiger charge is -2.23. The normalized spacial score (nSPS) is 13.1. The predicted molar refractivity (Wildman–Crippen MR) is 77.0 cm³/mol. The van der Waals surface area contributed by atoms with Crippen molar-refractivity contribution < 1.29 is 9.90 Å². The van der Waals surface area contributed by atoms with Gasteiger partial charge in [-0.1, -0.05) is 25.1 Å². The number of para-hydroxylation sites is 1. The van der Waals surface area contributed by atoms with Crippen molar-refractivity contribution in [2.75, 3.05) is 6.54 Å². The summed E-state index contributed by atoms with van der Waals surface area (Å²) in [5, 5.41) is 15.9. The number of aromatic hydroxyl groups is 1. The molecular weight excluding hydrogens is 240 g/mol. The highest BCUT2D eigenvalue weighted by atomic mass is 16.3. The molecule has 0 heterocycles.